The van der Waals surface area contributed by atoms with Crippen LogP contribution in [0.4, 0.5) is 0 Å². The molecule has 7 nitrogen and oxygen atoms in total. The van der Waals surface area contributed by atoms with Gasteiger partial charge in [-0.1, -0.05) is 11.6 Å². The van der Waals surface area contributed by atoms with Crippen LogP contribution in [0.3, 0.4) is 0 Å². The van der Waals surface area contributed by atoms with E-state index in [0.29, 0.717) is 0 Å². The summed E-state index contributed by atoms with van der Waals surface area (Å²) in [7, 11) is 0. The van der Waals surface area contributed by atoms with E-state index >= 15 is 0 Å². The van der Waals surface area contributed by atoms with Crippen molar-refractivity contribution in [1.29, 1.82) is 0 Å². The first-order valence-electron chi connectivity index (χ1n) is 3.58. The minimum atomic E-state index is -1.44. The fourth-order valence-electron chi connectivity index (χ4n) is 1.02. The first kappa shape index (κ1) is 9.53. The molecule has 0 saturated heterocycles. The molecule has 1 aliphatic heterocycles. The molecule has 1 aromatic heterocycles. The molecule has 0 radical (unpaired) electrons. The molecule has 0 bridgehead atoms. The molecule has 1 aliphatic rings. The summed E-state index contributed by atoms with van der Waals surface area (Å²) in [6.45, 7) is 0. The van der Waals surface area contributed by atoms with Crippen molar-refractivity contribution in [2.24, 2.45) is 0 Å². The fourth-order valence-corrected chi connectivity index (χ4v) is 1.22. The van der Waals surface area contributed by atoms with Crippen molar-refractivity contribution < 1.29 is 24.2 Å². The third-order valence-corrected chi connectivity index (χ3v) is 1.89. The number of cyclic esters (lactones) is 2. The average molecular weight is 229 g/mol. The summed E-state index contributed by atoms with van der Waals surface area (Å²) in [5.74, 6) is -3.45. The summed E-state index contributed by atoms with van der Waals surface area (Å²) in [5.41, 5.74) is -1.39. The van der Waals surface area contributed by atoms with E-state index in [1.165, 1.54) is 0 Å². The lowest BCUT2D eigenvalue weighted by Crippen LogP contribution is -2.09. The monoisotopic (exact) mass is 228 g/mol. The lowest BCUT2D eigenvalue weighted by atomic mass is 10.3. The van der Waals surface area contributed by atoms with Gasteiger partial charge in [-0.05, 0) is 0 Å². The molecule has 0 aliphatic carbocycles. The van der Waals surface area contributed by atoms with Crippen LogP contribution in [-0.2, 0) is 4.74 Å². The topological polar surface area (TPSA) is 106 Å². The van der Waals surface area contributed by atoms with Gasteiger partial charge in [-0.2, -0.15) is 0 Å². The van der Waals surface area contributed by atoms with Gasteiger partial charge in [0.05, 0.1) is 0 Å². The second kappa shape index (κ2) is 2.99. The number of carbonyl (C=O) groups is 3. The Hall–Kier alpha value is -2.02. The van der Waals surface area contributed by atoms with Gasteiger partial charge in [-0.3, -0.25) is 0 Å². The van der Waals surface area contributed by atoms with E-state index in [4.69, 9.17) is 16.7 Å². The Morgan fingerprint density at radius 3 is 2.27 bits per heavy atom. The lowest BCUT2D eigenvalue weighted by Gasteiger charge is -1.97. The minimum Gasteiger partial charge on any atom is -0.476 e. The number of aromatic carboxylic acids is 1. The molecule has 1 N–H and O–H groups in total. The number of carbonyl (C=O) groups excluding carboxylic acids is 2. The zero-order chi connectivity index (χ0) is 11.2. The maximum absolute atomic E-state index is 11.0. The molecule has 0 aromatic carbocycles. The molecular weight excluding hydrogens is 228 g/mol. The molecule has 0 unspecified atom stereocenters. The van der Waals surface area contributed by atoms with Gasteiger partial charge >= 0.3 is 17.9 Å². The number of halogens is 1. The quantitative estimate of drug-likeness (QED) is 0.538. The van der Waals surface area contributed by atoms with Crippen LogP contribution < -0.4 is 0 Å². The van der Waals surface area contributed by atoms with Crippen molar-refractivity contribution in [3.8, 4) is 0 Å². The van der Waals surface area contributed by atoms with Crippen molar-refractivity contribution in [2.45, 2.75) is 0 Å². The van der Waals surface area contributed by atoms with E-state index in [-0.39, 0.29) is 5.69 Å². The van der Waals surface area contributed by atoms with Gasteiger partial charge in [0, 0.05) is 0 Å². The summed E-state index contributed by atoms with van der Waals surface area (Å²) in [6, 6.07) is 0. The standard InChI is InChI=1S/C7HClN2O5/c8-4-3(5(11)12)9-1-2(10-4)7(14)15-6(1)13/h(H,11,12). The van der Waals surface area contributed by atoms with Crippen LogP contribution in [0, 0.1) is 0 Å². The Bertz CT molecular complexity index is 512. The Kier molecular flexibility index (Phi) is 1.90. The zero-order valence-corrected chi connectivity index (χ0v) is 7.61. The first-order chi connectivity index (χ1) is 7.00. The number of carboxylic acids is 1. The van der Waals surface area contributed by atoms with Gasteiger partial charge in [-0.15, -0.1) is 0 Å². The summed E-state index contributed by atoms with van der Waals surface area (Å²) in [6.07, 6.45) is 0. The molecule has 0 atom stereocenters. The van der Waals surface area contributed by atoms with Crippen molar-refractivity contribution in [3.63, 3.8) is 0 Å². The summed E-state index contributed by atoms with van der Waals surface area (Å²) < 4.78 is 4.17. The third kappa shape index (κ3) is 1.33. The van der Waals surface area contributed by atoms with E-state index in [1.807, 2.05) is 0 Å². The largest absolute Gasteiger partial charge is 0.476 e. The summed E-state index contributed by atoms with van der Waals surface area (Å²) in [4.78, 5) is 39.4. The Morgan fingerprint density at radius 1 is 1.20 bits per heavy atom. The van der Waals surface area contributed by atoms with Crippen molar-refractivity contribution in [2.75, 3.05) is 0 Å². The number of carboxylic acid groups (broad SMARTS) is 1. The molecule has 0 saturated carbocycles. The molecular formula is C7HClN2O5. The highest BCUT2D eigenvalue weighted by atomic mass is 35.5. The molecule has 2 heterocycles. The maximum Gasteiger partial charge on any atom is 0.367 e. The van der Waals surface area contributed by atoms with Crippen LogP contribution in [0.5, 0.6) is 0 Å². The van der Waals surface area contributed by atoms with Gasteiger partial charge < -0.3 is 9.84 Å². The average Bonchev–Trinajstić information content (AvgIpc) is 2.41. The highest BCUT2D eigenvalue weighted by Crippen LogP contribution is 2.20. The number of rotatable bonds is 1. The molecule has 1 aromatic rings. The lowest BCUT2D eigenvalue weighted by molar-refractivity contribution is 0.0439. The Balaban J connectivity index is 2.70. The number of ether oxygens (including phenoxy) is 1. The normalized spacial score (nSPS) is 13.7. The van der Waals surface area contributed by atoms with E-state index < -0.39 is 34.4 Å². The van der Waals surface area contributed by atoms with Crippen LogP contribution in [0.25, 0.3) is 0 Å². The minimum absolute atomic E-state index is 0.366. The predicted molar refractivity (Wildman–Crippen MR) is 43.7 cm³/mol. The molecule has 0 amide bonds. The van der Waals surface area contributed by atoms with Gasteiger partial charge in [0.2, 0.25) is 0 Å². The van der Waals surface area contributed by atoms with Crippen molar-refractivity contribution in [1.82, 2.24) is 9.97 Å². The number of nitrogens with zero attached hydrogens (tertiary/aromatic N) is 2. The second-order valence-corrected chi connectivity index (χ2v) is 2.90. The van der Waals surface area contributed by atoms with E-state index in [9.17, 15) is 14.4 Å². The molecule has 0 spiro atoms. The molecule has 0 fully saturated rings. The van der Waals surface area contributed by atoms with E-state index in [0.717, 1.165) is 0 Å². The number of hydrogen-bond acceptors (Lipinski definition) is 6. The highest BCUT2D eigenvalue weighted by molar-refractivity contribution is 6.32. The van der Waals surface area contributed by atoms with E-state index in [1.54, 1.807) is 0 Å². The Labute approximate surface area is 86.7 Å². The number of esters is 2. The fraction of sp³-hybridized carbons (Fsp3) is 0. The number of hydrogen-bond donors (Lipinski definition) is 1. The summed E-state index contributed by atoms with van der Waals surface area (Å²) >= 11 is 5.44. The van der Waals surface area contributed by atoms with Gasteiger partial charge in [0.15, 0.2) is 22.2 Å². The molecule has 76 valence electrons. The predicted octanol–water partition coefficient (Wildman–Crippen LogP) is 0.139. The SMILES string of the molecule is O=C(O)c1nc2c(nc1Cl)C(=O)OC2=O. The number of fused-ring (bicyclic) bond motifs is 1. The van der Waals surface area contributed by atoms with Gasteiger partial charge in [0.25, 0.3) is 0 Å². The van der Waals surface area contributed by atoms with Gasteiger partial charge in [0.1, 0.15) is 0 Å². The highest BCUT2D eigenvalue weighted by Gasteiger charge is 2.35. The van der Waals surface area contributed by atoms with Crippen molar-refractivity contribution >= 4 is 29.5 Å². The first-order valence-corrected chi connectivity index (χ1v) is 3.96. The summed E-state index contributed by atoms with van der Waals surface area (Å²) in [5, 5.41) is 8.16. The van der Waals surface area contributed by atoms with Gasteiger partial charge in [-0.25, -0.2) is 24.4 Å². The number of aromatic nitrogens is 2. The third-order valence-electron chi connectivity index (χ3n) is 1.63. The van der Waals surface area contributed by atoms with Crippen molar-refractivity contribution in [3.05, 3.63) is 22.2 Å². The molecule has 15 heavy (non-hydrogen) atoms. The smallest absolute Gasteiger partial charge is 0.367 e. The molecule has 8 heteroatoms. The van der Waals surface area contributed by atoms with Crippen LogP contribution >= 0.6 is 11.6 Å². The van der Waals surface area contributed by atoms with Crippen LogP contribution in [0.2, 0.25) is 5.15 Å². The van der Waals surface area contributed by atoms with Crippen LogP contribution in [0.15, 0.2) is 0 Å². The second-order valence-electron chi connectivity index (χ2n) is 2.54. The molecule has 2 rings (SSSR count). The van der Waals surface area contributed by atoms with E-state index in [2.05, 4.69) is 14.7 Å². The van der Waals surface area contributed by atoms with Crippen LogP contribution in [-0.4, -0.2) is 33.0 Å². The Morgan fingerprint density at radius 2 is 1.73 bits per heavy atom. The maximum atomic E-state index is 11.0. The van der Waals surface area contributed by atoms with Crippen LogP contribution in [0.1, 0.15) is 31.5 Å². The zero-order valence-electron chi connectivity index (χ0n) is 6.85.